The summed E-state index contributed by atoms with van der Waals surface area (Å²) in [7, 11) is 0. The summed E-state index contributed by atoms with van der Waals surface area (Å²) in [6, 6.07) is 9.06. The largest absolute Gasteiger partial charge is 0.361 e. The number of rotatable bonds is 4. The highest BCUT2D eigenvalue weighted by Gasteiger charge is 2.41. The first-order valence-electron chi connectivity index (χ1n) is 9.37. The molecule has 7 nitrogen and oxygen atoms in total. The molecule has 2 aromatic rings. The van der Waals surface area contributed by atoms with Crippen molar-refractivity contribution >= 4 is 17.6 Å². The molecule has 2 fully saturated rings. The quantitative estimate of drug-likeness (QED) is 0.776. The maximum Gasteiger partial charge on any atom is 0.332 e. The van der Waals surface area contributed by atoms with Crippen molar-refractivity contribution in [3.05, 3.63) is 47.3 Å². The average molecular weight is 368 g/mol. The number of likely N-dealkylation sites (tertiary alicyclic amines) is 1. The first-order chi connectivity index (χ1) is 13.0. The van der Waals surface area contributed by atoms with Crippen molar-refractivity contribution in [1.29, 1.82) is 0 Å². The number of carbonyl (C=O) groups is 2. The minimum absolute atomic E-state index is 0.107. The fraction of sp³-hybridized carbons (Fsp3) is 0.450. The van der Waals surface area contributed by atoms with Gasteiger partial charge in [0.05, 0.1) is 11.4 Å². The summed E-state index contributed by atoms with van der Waals surface area (Å²) in [6.07, 6.45) is 1.73. The van der Waals surface area contributed by atoms with Crippen LogP contribution in [0.4, 0.5) is 10.5 Å². The van der Waals surface area contributed by atoms with Gasteiger partial charge in [0.15, 0.2) is 0 Å². The number of urea groups is 1. The number of anilines is 1. The molecule has 2 aliphatic rings. The van der Waals surface area contributed by atoms with Crippen LogP contribution in [0.25, 0.3) is 0 Å². The summed E-state index contributed by atoms with van der Waals surface area (Å²) in [5.74, 6) is 0.720. The van der Waals surface area contributed by atoms with Crippen LogP contribution in [-0.4, -0.2) is 52.6 Å². The molecule has 3 heterocycles. The van der Waals surface area contributed by atoms with Crippen LogP contribution in [0.3, 0.4) is 0 Å². The summed E-state index contributed by atoms with van der Waals surface area (Å²) in [6.45, 7) is 6.66. The normalized spacial score (nSPS) is 19.3. The van der Waals surface area contributed by atoms with Crippen molar-refractivity contribution < 1.29 is 14.1 Å². The molecule has 7 heteroatoms. The molecule has 0 bridgehead atoms. The summed E-state index contributed by atoms with van der Waals surface area (Å²) in [5, 5.41) is 4.02. The molecule has 2 saturated heterocycles. The first kappa shape index (κ1) is 17.7. The highest BCUT2D eigenvalue weighted by Crippen LogP contribution is 2.27. The van der Waals surface area contributed by atoms with Gasteiger partial charge in [0, 0.05) is 31.2 Å². The van der Waals surface area contributed by atoms with E-state index in [0.717, 1.165) is 49.5 Å². The molecule has 0 spiro atoms. The summed E-state index contributed by atoms with van der Waals surface area (Å²) >= 11 is 0. The van der Waals surface area contributed by atoms with Gasteiger partial charge in [0.25, 0.3) is 5.91 Å². The zero-order valence-corrected chi connectivity index (χ0v) is 15.7. The Balaban J connectivity index is 1.39. The second-order valence-electron chi connectivity index (χ2n) is 7.29. The number of amides is 3. The molecule has 1 aromatic heterocycles. The number of hydrogen-bond acceptors (Lipinski definition) is 5. The number of benzene rings is 1. The van der Waals surface area contributed by atoms with Crippen LogP contribution in [0.15, 0.2) is 34.9 Å². The molecular weight excluding hydrogens is 344 g/mol. The molecule has 3 amide bonds. The average Bonchev–Trinajstić information content (AvgIpc) is 3.16. The van der Waals surface area contributed by atoms with E-state index >= 15 is 0 Å². The van der Waals surface area contributed by atoms with Crippen LogP contribution >= 0.6 is 0 Å². The zero-order chi connectivity index (χ0) is 19.0. The molecule has 4 rings (SSSR count). The Morgan fingerprint density at radius 2 is 1.81 bits per heavy atom. The molecule has 0 unspecified atom stereocenters. The number of carbonyl (C=O) groups excluding carboxylic acids is 2. The predicted molar refractivity (Wildman–Crippen MR) is 100 cm³/mol. The zero-order valence-electron chi connectivity index (χ0n) is 15.7. The number of hydrogen-bond donors (Lipinski definition) is 0. The Labute approximate surface area is 158 Å². The Morgan fingerprint density at radius 1 is 1.11 bits per heavy atom. The standard InChI is InChI=1S/C20H24N4O3/c1-14-18(15(2)27-21-14)12-22-10-8-16(9-11-22)23-13-19(25)24(20(23)26)17-6-4-3-5-7-17/h3-7,16H,8-13H2,1-2H3. The second kappa shape index (κ2) is 7.15. The van der Waals surface area contributed by atoms with E-state index in [0.29, 0.717) is 5.69 Å². The van der Waals surface area contributed by atoms with E-state index in [-0.39, 0.29) is 24.5 Å². The fourth-order valence-electron chi connectivity index (χ4n) is 3.98. The SMILES string of the molecule is Cc1noc(C)c1CN1CCC(N2CC(=O)N(c3ccccc3)C2=O)CC1. The molecule has 0 radical (unpaired) electrons. The van der Waals surface area contributed by atoms with Crippen molar-refractivity contribution in [2.45, 2.75) is 39.3 Å². The van der Waals surface area contributed by atoms with Gasteiger partial charge in [-0.3, -0.25) is 9.69 Å². The van der Waals surface area contributed by atoms with Gasteiger partial charge in [-0.15, -0.1) is 0 Å². The monoisotopic (exact) mass is 368 g/mol. The number of piperidine rings is 1. The van der Waals surface area contributed by atoms with Gasteiger partial charge in [-0.05, 0) is 38.8 Å². The van der Waals surface area contributed by atoms with Gasteiger partial charge in [0.1, 0.15) is 12.3 Å². The van der Waals surface area contributed by atoms with Crippen molar-refractivity contribution in [2.24, 2.45) is 0 Å². The van der Waals surface area contributed by atoms with E-state index in [2.05, 4.69) is 10.1 Å². The second-order valence-corrected chi connectivity index (χ2v) is 7.29. The Hall–Kier alpha value is -2.67. The van der Waals surface area contributed by atoms with E-state index in [4.69, 9.17) is 4.52 Å². The van der Waals surface area contributed by atoms with Gasteiger partial charge >= 0.3 is 6.03 Å². The molecule has 0 N–H and O–H groups in total. The molecule has 142 valence electrons. The Kier molecular flexibility index (Phi) is 4.70. The van der Waals surface area contributed by atoms with Crippen LogP contribution in [-0.2, 0) is 11.3 Å². The summed E-state index contributed by atoms with van der Waals surface area (Å²) in [4.78, 5) is 30.7. The summed E-state index contributed by atoms with van der Waals surface area (Å²) < 4.78 is 5.25. The number of aromatic nitrogens is 1. The van der Waals surface area contributed by atoms with E-state index in [1.165, 1.54) is 4.90 Å². The van der Waals surface area contributed by atoms with E-state index in [9.17, 15) is 9.59 Å². The first-order valence-corrected chi connectivity index (χ1v) is 9.37. The number of imide groups is 1. The van der Waals surface area contributed by atoms with Gasteiger partial charge in [-0.2, -0.15) is 0 Å². The van der Waals surface area contributed by atoms with Crippen molar-refractivity contribution in [1.82, 2.24) is 15.0 Å². The highest BCUT2D eigenvalue weighted by atomic mass is 16.5. The van der Waals surface area contributed by atoms with Gasteiger partial charge in [-0.1, -0.05) is 23.4 Å². The molecule has 0 aliphatic carbocycles. The minimum atomic E-state index is -0.199. The lowest BCUT2D eigenvalue weighted by Crippen LogP contribution is -2.46. The van der Waals surface area contributed by atoms with Crippen molar-refractivity contribution in [2.75, 3.05) is 24.5 Å². The maximum absolute atomic E-state index is 12.8. The number of nitrogens with zero attached hydrogens (tertiary/aromatic N) is 4. The molecule has 27 heavy (non-hydrogen) atoms. The lowest BCUT2D eigenvalue weighted by atomic mass is 10.0. The van der Waals surface area contributed by atoms with Crippen LogP contribution < -0.4 is 4.90 Å². The summed E-state index contributed by atoms with van der Waals surface area (Å²) in [5.41, 5.74) is 2.73. The smallest absolute Gasteiger partial charge is 0.332 e. The minimum Gasteiger partial charge on any atom is -0.361 e. The third-order valence-electron chi connectivity index (χ3n) is 5.57. The van der Waals surface area contributed by atoms with Crippen LogP contribution in [0.2, 0.25) is 0 Å². The topological polar surface area (TPSA) is 69.9 Å². The molecule has 0 saturated carbocycles. The van der Waals surface area contributed by atoms with Crippen molar-refractivity contribution in [3.8, 4) is 0 Å². The van der Waals surface area contributed by atoms with Crippen LogP contribution in [0.5, 0.6) is 0 Å². The molecule has 2 aliphatic heterocycles. The lowest BCUT2D eigenvalue weighted by molar-refractivity contribution is -0.116. The van der Waals surface area contributed by atoms with Crippen molar-refractivity contribution in [3.63, 3.8) is 0 Å². The highest BCUT2D eigenvalue weighted by molar-refractivity contribution is 6.19. The third-order valence-corrected chi connectivity index (χ3v) is 5.57. The third kappa shape index (κ3) is 3.35. The van der Waals surface area contributed by atoms with Crippen LogP contribution in [0.1, 0.15) is 29.9 Å². The van der Waals surface area contributed by atoms with E-state index in [1.54, 1.807) is 17.0 Å². The van der Waals surface area contributed by atoms with E-state index in [1.807, 2.05) is 32.0 Å². The number of para-hydroxylation sites is 1. The fourth-order valence-corrected chi connectivity index (χ4v) is 3.98. The molecule has 0 atom stereocenters. The molecule has 1 aromatic carbocycles. The Bertz CT molecular complexity index is 821. The Morgan fingerprint density at radius 3 is 2.44 bits per heavy atom. The maximum atomic E-state index is 12.8. The van der Waals surface area contributed by atoms with Gasteiger partial charge in [-0.25, -0.2) is 9.69 Å². The van der Waals surface area contributed by atoms with Gasteiger partial charge < -0.3 is 9.42 Å². The van der Waals surface area contributed by atoms with E-state index < -0.39 is 0 Å². The van der Waals surface area contributed by atoms with Gasteiger partial charge in [0.2, 0.25) is 0 Å². The lowest BCUT2D eigenvalue weighted by Gasteiger charge is -2.36. The predicted octanol–water partition coefficient (Wildman–Crippen LogP) is 2.72. The van der Waals surface area contributed by atoms with Crippen LogP contribution in [0, 0.1) is 13.8 Å². The molecular formula is C20H24N4O3. The number of aryl methyl sites for hydroxylation is 2.